The molecule has 2 aromatic carbocycles. The Kier molecular flexibility index (Phi) is 9.37. The van der Waals surface area contributed by atoms with Crippen molar-refractivity contribution in [1.82, 2.24) is 0 Å². The van der Waals surface area contributed by atoms with Crippen LogP contribution in [0.5, 0.6) is 5.75 Å². The maximum absolute atomic E-state index is 12.8. The van der Waals surface area contributed by atoms with E-state index in [1.165, 1.54) is 24.3 Å². The Labute approximate surface area is 213 Å². The molecule has 1 N–H and O–H groups in total. The molecule has 0 bridgehead atoms. The standard InChI is InChI=1S/C27H35NO7S/c1-5-33-22-12-10-21(11-13-22)28-36(31,32)23-8-6-7-20(16-23)27(30)34-17-26(29)35-25-15-19(4)9-14-24(25)18(2)3/h6-8,10-13,16,18-19,24-25,28H,5,9,14-15,17H2,1-4H3. The molecule has 3 rings (SSSR count). The predicted molar refractivity (Wildman–Crippen MR) is 136 cm³/mol. The SMILES string of the molecule is CCOc1ccc(NS(=O)(=O)c2cccc(C(=O)OCC(=O)OC3CC(C)CCC3C(C)C)c2)cc1. The van der Waals surface area contributed by atoms with Crippen molar-refractivity contribution >= 4 is 27.6 Å². The Balaban J connectivity index is 1.59. The molecule has 9 heteroatoms. The van der Waals surface area contributed by atoms with Crippen LogP contribution in [0.3, 0.4) is 0 Å². The van der Waals surface area contributed by atoms with Crippen molar-refractivity contribution in [1.29, 1.82) is 0 Å². The molecule has 1 aliphatic carbocycles. The number of rotatable bonds is 10. The first-order valence-corrected chi connectivity index (χ1v) is 13.8. The third kappa shape index (κ3) is 7.46. The van der Waals surface area contributed by atoms with Gasteiger partial charge in [0.2, 0.25) is 0 Å². The van der Waals surface area contributed by atoms with E-state index in [9.17, 15) is 18.0 Å². The van der Waals surface area contributed by atoms with Crippen LogP contribution in [0.25, 0.3) is 0 Å². The number of sulfonamides is 1. The molecule has 0 saturated heterocycles. The highest BCUT2D eigenvalue weighted by Gasteiger charge is 2.33. The van der Waals surface area contributed by atoms with Crippen molar-refractivity contribution in [2.24, 2.45) is 17.8 Å². The van der Waals surface area contributed by atoms with Crippen LogP contribution in [-0.4, -0.2) is 39.7 Å². The molecule has 0 aromatic heterocycles. The highest BCUT2D eigenvalue weighted by Crippen LogP contribution is 2.35. The van der Waals surface area contributed by atoms with E-state index in [-0.39, 0.29) is 22.5 Å². The van der Waals surface area contributed by atoms with Crippen LogP contribution in [-0.2, 0) is 24.3 Å². The summed E-state index contributed by atoms with van der Waals surface area (Å²) in [6, 6.07) is 11.9. The molecule has 3 atom stereocenters. The second-order valence-electron chi connectivity index (χ2n) is 9.52. The van der Waals surface area contributed by atoms with Crippen molar-refractivity contribution in [2.75, 3.05) is 17.9 Å². The molecule has 36 heavy (non-hydrogen) atoms. The summed E-state index contributed by atoms with van der Waals surface area (Å²) >= 11 is 0. The number of anilines is 1. The van der Waals surface area contributed by atoms with Gasteiger partial charge in [0.25, 0.3) is 10.0 Å². The smallest absolute Gasteiger partial charge is 0.344 e. The van der Waals surface area contributed by atoms with E-state index in [2.05, 4.69) is 25.5 Å². The van der Waals surface area contributed by atoms with Gasteiger partial charge >= 0.3 is 11.9 Å². The zero-order chi connectivity index (χ0) is 26.3. The van der Waals surface area contributed by atoms with Gasteiger partial charge < -0.3 is 14.2 Å². The minimum absolute atomic E-state index is 0.0173. The zero-order valence-electron chi connectivity index (χ0n) is 21.2. The van der Waals surface area contributed by atoms with Crippen molar-refractivity contribution in [2.45, 2.75) is 58.0 Å². The zero-order valence-corrected chi connectivity index (χ0v) is 22.0. The first-order chi connectivity index (χ1) is 17.1. The predicted octanol–water partition coefficient (Wildman–Crippen LogP) is 5.05. The van der Waals surface area contributed by atoms with Crippen molar-refractivity contribution in [3.63, 3.8) is 0 Å². The molecule has 8 nitrogen and oxygen atoms in total. The molecule has 0 amide bonds. The molecule has 1 aliphatic rings. The van der Waals surface area contributed by atoms with E-state index in [0.29, 0.717) is 29.9 Å². The number of nitrogens with one attached hydrogen (secondary N) is 1. The summed E-state index contributed by atoms with van der Waals surface area (Å²) in [5.74, 6) is 0.364. The second kappa shape index (κ2) is 12.3. The van der Waals surface area contributed by atoms with E-state index in [4.69, 9.17) is 14.2 Å². The summed E-state index contributed by atoms with van der Waals surface area (Å²) < 4.78 is 44.3. The van der Waals surface area contributed by atoms with Crippen LogP contribution in [0.4, 0.5) is 5.69 Å². The summed E-state index contributed by atoms with van der Waals surface area (Å²) in [7, 11) is -3.95. The summed E-state index contributed by atoms with van der Waals surface area (Å²) in [4.78, 5) is 24.8. The fourth-order valence-electron chi connectivity index (χ4n) is 4.45. The van der Waals surface area contributed by atoms with E-state index in [0.717, 1.165) is 19.3 Å². The number of hydrogen-bond acceptors (Lipinski definition) is 7. The third-order valence-electron chi connectivity index (χ3n) is 6.36. The van der Waals surface area contributed by atoms with Gasteiger partial charge in [0.05, 0.1) is 17.1 Å². The van der Waals surface area contributed by atoms with Gasteiger partial charge in [-0.1, -0.05) is 33.3 Å². The molecule has 1 fully saturated rings. The van der Waals surface area contributed by atoms with Gasteiger partial charge in [-0.15, -0.1) is 0 Å². The Morgan fingerprint density at radius 2 is 1.81 bits per heavy atom. The first kappa shape index (κ1) is 27.5. The van der Waals surface area contributed by atoms with Gasteiger partial charge in [-0.25, -0.2) is 18.0 Å². The molecule has 0 radical (unpaired) electrons. The van der Waals surface area contributed by atoms with Crippen LogP contribution in [0, 0.1) is 17.8 Å². The van der Waals surface area contributed by atoms with Gasteiger partial charge in [-0.2, -0.15) is 0 Å². The Morgan fingerprint density at radius 1 is 1.08 bits per heavy atom. The van der Waals surface area contributed by atoms with Crippen LogP contribution >= 0.6 is 0 Å². The average molecular weight is 518 g/mol. The number of carbonyl (C=O) groups is 2. The number of hydrogen-bond donors (Lipinski definition) is 1. The lowest BCUT2D eigenvalue weighted by molar-refractivity contribution is -0.159. The van der Waals surface area contributed by atoms with Crippen LogP contribution in [0.2, 0.25) is 0 Å². The second-order valence-corrected chi connectivity index (χ2v) is 11.2. The van der Waals surface area contributed by atoms with Gasteiger partial charge in [0.1, 0.15) is 11.9 Å². The molecule has 3 unspecified atom stereocenters. The molecular weight excluding hydrogens is 482 g/mol. The Hall–Kier alpha value is -3.07. The van der Waals surface area contributed by atoms with Gasteiger partial charge in [0.15, 0.2) is 6.61 Å². The topological polar surface area (TPSA) is 108 Å². The fourth-order valence-corrected chi connectivity index (χ4v) is 5.56. The lowest BCUT2D eigenvalue weighted by atomic mass is 9.75. The van der Waals surface area contributed by atoms with E-state index < -0.39 is 28.6 Å². The largest absolute Gasteiger partial charge is 0.494 e. The van der Waals surface area contributed by atoms with Crippen molar-refractivity contribution in [3.05, 3.63) is 54.1 Å². The minimum Gasteiger partial charge on any atom is -0.494 e. The van der Waals surface area contributed by atoms with E-state index >= 15 is 0 Å². The monoisotopic (exact) mass is 517 g/mol. The summed E-state index contributed by atoms with van der Waals surface area (Å²) in [5, 5.41) is 0. The lowest BCUT2D eigenvalue weighted by Crippen LogP contribution is -2.36. The number of ether oxygens (including phenoxy) is 3. The van der Waals surface area contributed by atoms with Crippen molar-refractivity contribution in [3.8, 4) is 5.75 Å². The molecule has 0 spiro atoms. The normalized spacial score (nSPS) is 20.0. The molecule has 1 saturated carbocycles. The first-order valence-electron chi connectivity index (χ1n) is 12.3. The van der Waals surface area contributed by atoms with Crippen molar-refractivity contribution < 1.29 is 32.2 Å². The minimum atomic E-state index is -3.95. The highest BCUT2D eigenvalue weighted by atomic mass is 32.2. The maximum atomic E-state index is 12.8. The molecule has 2 aromatic rings. The fraction of sp³-hybridized carbons (Fsp3) is 0.481. The van der Waals surface area contributed by atoms with Gasteiger partial charge in [-0.05, 0) is 80.0 Å². The maximum Gasteiger partial charge on any atom is 0.344 e. The lowest BCUT2D eigenvalue weighted by Gasteiger charge is -2.36. The number of benzene rings is 2. The number of esters is 2. The Morgan fingerprint density at radius 3 is 2.47 bits per heavy atom. The number of carbonyl (C=O) groups excluding carboxylic acids is 2. The summed E-state index contributed by atoms with van der Waals surface area (Å²) in [6.07, 6.45) is 2.72. The summed E-state index contributed by atoms with van der Waals surface area (Å²) in [5.41, 5.74) is 0.370. The average Bonchev–Trinajstić information content (AvgIpc) is 2.83. The van der Waals surface area contributed by atoms with Crippen LogP contribution in [0.15, 0.2) is 53.4 Å². The van der Waals surface area contributed by atoms with Gasteiger partial charge in [-0.3, -0.25) is 4.72 Å². The van der Waals surface area contributed by atoms with Crippen LogP contribution in [0.1, 0.15) is 57.3 Å². The van der Waals surface area contributed by atoms with Crippen LogP contribution < -0.4 is 9.46 Å². The molecule has 0 heterocycles. The Bertz CT molecular complexity index is 1140. The third-order valence-corrected chi connectivity index (χ3v) is 7.74. The van der Waals surface area contributed by atoms with E-state index in [1.54, 1.807) is 24.3 Å². The van der Waals surface area contributed by atoms with E-state index in [1.807, 2.05) is 6.92 Å². The van der Waals surface area contributed by atoms with Gasteiger partial charge in [0, 0.05) is 5.69 Å². The molecule has 0 aliphatic heterocycles. The summed E-state index contributed by atoms with van der Waals surface area (Å²) in [6.45, 7) is 8.21. The molecule has 196 valence electrons. The quantitative estimate of drug-likeness (QED) is 0.440. The highest BCUT2D eigenvalue weighted by molar-refractivity contribution is 7.92. The molecular formula is C27H35NO7S.